The fourth-order valence-electron chi connectivity index (χ4n) is 2.60. The summed E-state index contributed by atoms with van der Waals surface area (Å²) in [5.74, 6) is 0.567. The molecule has 0 atom stereocenters. The molecule has 112 valence electrons. The van der Waals surface area contributed by atoms with Crippen molar-refractivity contribution in [1.82, 2.24) is 0 Å². The number of carbonyl (C=O) groups excluding carboxylic acids is 1. The van der Waals surface area contributed by atoms with Gasteiger partial charge < -0.3 is 4.74 Å². The number of rotatable bonds is 3. The number of ether oxygens (including phenoxy) is 1. The molecule has 0 spiro atoms. The molecule has 0 aromatic heterocycles. The Morgan fingerprint density at radius 2 is 1.82 bits per heavy atom. The number of nitrogens with zero attached hydrogens (tertiary/aromatic N) is 1. The van der Waals surface area contributed by atoms with E-state index in [2.05, 4.69) is 4.99 Å². The van der Waals surface area contributed by atoms with Gasteiger partial charge in [-0.15, -0.1) is 0 Å². The molecule has 3 nitrogen and oxygen atoms in total. The number of ketones is 1. The number of hydrogen-bond donors (Lipinski definition) is 0. The Morgan fingerprint density at radius 3 is 2.45 bits per heavy atom. The normalized spacial score (nSPS) is 16.0. The molecule has 22 heavy (non-hydrogen) atoms. The Bertz CT molecular complexity index is 745. The van der Waals surface area contributed by atoms with Crippen molar-refractivity contribution in [1.29, 1.82) is 0 Å². The summed E-state index contributed by atoms with van der Waals surface area (Å²) in [6, 6.07) is 15.1. The zero-order chi connectivity index (χ0) is 15.7. The van der Waals surface area contributed by atoms with Crippen LogP contribution in [0.25, 0.3) is 0 Å². The number of carbonyl (C=O) groups is 1. The van der Waals surface area contributed by atoms with Crippen LogP contribution >= 0.6 is 0 Å². The van der Waals surface area contributed by atoms with Gasteiger partial charge in [-0.3, -0.25) is 4.79 Å². The molecule has 1 aliphatic heterocycles. The van der Waals surface area contributed by atoms with E-state index >= 15 is 0 Å². The first-order valence-electron chi connectivity index (χ1n) is 7.40. The lowest BCUT2D eigenvalue weighted by molar-refractivity contribution is 0.103. The summed E-state index contributed by atoms with van der Waals surface area (Å²) in [4.78, 5) is 17.5. The number of benzene rings is 2. The van der Waals surface area contributed by atoms with Crippen LogP contribution in [-0.2, 0) is 4.74 Å². The highest BCUT2D eigenvalue weighted by atomic mass is 16.5. The molecular formula is C19H19NO2. The monoisotopic (exact) mass is 293 g/mol. The van der Waals surface area contributed by atoms with Gasteiger partial charge in [0.2, 0.25) is 5.90 Å². The molecule has 0 amide bonds. The zero-order valence-electron chi connectivity index (χ0n) is 13.1. The van der Waals surface area contributed by atoms with Gasteiger partial charge in [0, 0.05) is 16.7 Å². The summed E-state index contributed by atoms with van der Waals surface area (Å²) >= 11 is 0. The minimum absolute atomic E-state index is 0.00436. The average molecular weight is 293 g/mol. The average Bonchev–Trinajstić information content (AvgIpc) is 2.87. The second-order valence-corrected chi connectivity index (χ2v) is 6.21. The van der Waals surface area contributed by atoms with E-state index in [0.29, 0.717) is 23.6 Å². The lowest BCUT2D eigenvalue weighted by Gasteiger charge is -2.11. The van der Waals surface area contributed by atoms with Crippen molar-refractivity contribution in [2.24, 2.45) is 4.99 Å². The van der Waals surface area contributed by atoms with Crippen molar-refractivity contribution >= 4 is 11.7 Å². The summed E-state index contributed by atoms with van der Waals surface area (Å²) in [5, 5.41) is 0. The molecule has 1 aliphatic rings. The molecule has 3 rings (SSSR count). The van der Waals surface area contributed by atoms with E-state index in [0.717, 1.165) is 11.1 Å². The summed E-state index contributed by atoms with van der Waals surface area (Å²) in [5.41, 5.74) is 2.81. The molecular weight excluding hydrogens is 274 g/mol. The Kier molecular flexibility index (Phi) is 3.57. The van der Waals surface area contributed by atoms with Crippen molar-refractivity contribution in [2.75, 3.05) is 6.61 Å². The molecule has 0 saturated carbocycles. The SMILES string of the molecule is Cc1cccc(C2=NC(C)(C)CO2)c1C(=O)c1ccccc1. The smallest absolute Gasteiger partial charge is 0.217 e. The predicted molar refractivity (Wildman–Crippen MR) is 87.6 cm³/mol. The molecule has 3 heteroatoms. The second kappa shape index (κ2) is 5.41. The number of aryl methyl sites for hydroxylation is 1. The van der Waals surface area contributed by atoms with Crippen LogP contribution in [-0.4, -0.2) is 23.8 Å². The topological polar surface area (TPSA) is 38.7 Å². The summed E-state index contributed by atoms with van der Waals surface area (Å²) < 4.78 is 5.73. The van der Waals surface area contributed by atoms with E-state index in [1.54, 1.807) is 0 Å². The molecule has 0 unspecified atom stereocenters. The Morgan fingerprint density at radius 1 is 1.09 bits per heavy atom. The fraction of sp³-hybridized carbons (Fsp3) is 0.263. The van der Waals surface area contributed by atoms with E-state index in [1.807, 2.05) is 69.3 Å². The van der Waals surface area contributed by atoms with Gasteiger partial charge in [0.05, 0.1) is 5.54 Å². The Balaban J connectivity index is 2.11. The van der Waals surface area contributed by atoms with Crippen LogP contribution in [0.5, 0.6) is 0 Å². The van der Waals surface area contributed by atoms with Gasteiger partial charge in [-0.1, -0.05) is 42.5 Å². The van der Waals surface area contributed by atoms with Crippen LogP contribution in [0.3, 0.4) is 0 Å². The van der Waals surface area contributed by atoms with Gasteiger partial charge >= 0.3 is 0 Å². The standard InChI is InChI=1S/C19H19NO2/c1-13-8-7-11-15(18-20-19(2,3)12-22-18)16(13)17(21)14-9-5-4-6-10-14/h4-11H,12H2,1-3H3. The molecule has 0 radical (unpaired) electrons. The van der Waals surface area contributed by atoms with Crippen LogP contribution in [0.4, 0.5) is 0 Å². The molecule has 0 bridgehead atoms. The van der Waals surface area contributed by atoms with E-state index < -0.39 is 0 Å². The van der Waals surface area contributed by atoms with Crippen molar-refractivity contribution in [3.8, 4) is 0 Å². The van der Waals surface area contributed by atoms with Crippen molar-refractivity contribution in [3.05, 3.63) is 70.8 Å². The highest BCUT2D eigenvalue weighted by Crippen LogP contribution is 2.25. The van der Waals surface area contributed by atoms with Crippen LogP contribution in [0.15, 0.2) is 53.5 Å². The molecule has 2 aromatic rings. The third-order valence-electron chi connectivity index (χ3n) is 3.73. The van der Waals surface area contributed by atoms with Gasteiger partial charge in [0.25, 0.3) is 0 Å². The van der Waals surface area contributed by atoms with Crippen LogP contribution in [0.2, 0.25) is 0 Å². The first-order valence-corrected chi connectivity index (χ1v) is 7.40. The maximum absolute atomic E-state index is 12.9. The maximum atomic E-state index is 12.9. The molecule has 1 heterocycles. The number of aliphatic imine (C=N–C) groups is 1. The highest BCUT2D eigenvalue weighted by molar-refractivity contribution is 6.16. The number of hydrogen-bond acceptors (Lipinski definition) is 3. The predicted octanol–water partition coefficient (Wildman–Crippen LogP) is 3.78. The summed E-state index contributed by atoms with van der Waals surface area (Å²) in [6.45, 7) is 6.53. The van der Waals surface area contributed by atoms with E-state index in [-0.39, 0.29) is 11.3 Å². The van der Waals surface area contributed by atoms with Gasteiger partial charge in [-0.2, -0.15) is 0 Å². The molecule has 0 fully saturated rings. The van der Waals surface area contributed by atoms with Crippen molar-refractivity contribution < 1.29 is 9.53 Å². The lowest BCUT2D eigenvalue weighted by atomic mass is 9.94. The van der Waals surface area contributed by atoms with Crippen LogP contribution in [0, 0.1) is 6.92 Å². The minimum Gasteiger partial charge on any atom is -0.475 e. The minimum atomic E-state index is -0.244. The largest absolute Gasteiger partial charge is 0.475 e. The Hall–Kier alpha value is -2.42. The fourth-order valence-corrected chi connectivity index (χ4v) is 2.60. The summed E-state index contributed by atoms with van der Waals surface area (Å²) in [6.07, 6.45) is 0. The van der Waals surface area contributed by atoms with Gasteiger partial charge in [0.15, 0.2) is 5.78 Å². The molecule has 2 aromatic carbocycles. The molecule has 0 N–H and O–H groups in total. The quantitative estimate of drug-likeness (QED) is 0.808. The van der Waals surface area contributed by atoms with Gasteiger partial charge in [0.1, 0.15) is 6.61 Å². The Labute approximate surface area is 130 Å². The first-order chi connectivity index (χ1) is 10.5. The highest BCUT2D eigenvalue weighted by Gasteiger charge is 2.29. The van der Waals surface area contributed by atoms with Crippen LogP contribution in [0.1, 0.15) is 40.9 Å². The third-order valence-corrected chi connectivity index (χ3v) is 3.73. The van der Waals surface area contributed by atoms with Crippen LogP contribution < -0.4 is 0 Å². The van der Waals surface area contributed by atoms with Crippen molar-refractivity contribution in [2.45, 2.75) is 26.3 Å². The summed E-state index contributed by atoms with van der Waals surface area (Å²) in [7, 11) is 0. The first kappa shape index (κ1) is 14.5. The van der Waals surface area contributed by atoms with Gasteiger partial charge in [-0.25, -0.2) is 4.99 Å². The zero-order valence-corrected chi connectivity index (χ0v) is 13.1. The van der Waals surface area contributed by atoms with E-state index in [1.165, 1.54) is 0 Å². The van der Waals surface area contributed by atoms with E-state index in [9.17, 15) is 4.79 Å². The second-order valence-electron chi connectivity index (χ2n) is 6.21. The van der Waals surface area contributed by atoms with Crippen molar-refractivity contribution in [3.63, 3.8) is 0 Å². The third kappa shape index (κ3) is 2.67. The maximum Gasteiger partial charge on any atom is 0.217 e. The lowest BCUT2D eigenvalue weighted by Crippen LogP contribution is -2.17. The molecule has 0 saturated heterocycles. The van der Waals surface area contributed by atoms with Gasteiger partial charge in [-0.05, 0) is 32.4 Å². The van der Waals surface area contributed by atoms with E-state index in [4.69, 9.17) is 4.74 Å². The molecule has 0 aliphatic carbocycles.